The zero-order valence-electron chi connectivity index (χ0n) is 16.2. The molecule has 0 heterocycles. The number of rotatable bonds is 7. The Bertz CT molecular complexity index is 1160. The topological polar surface area (TPSA) is 128 Å². The van der Waals surface area contributed by atoms with Crippen LogP contribution in [0.4, 0.5) is 11.4 Å². The molecular formula is C21H16N4O5S. The molecule has 0 aliphatic rings. The second-order valence-corrected chi connectivity index (χ2v) is 7.52. The Morgan fingerprint density at radius 3 is 2.26 bits per heavy atom. The van der Waals surface area contributed by atoms with Crippen LogP contribution in [0.1, 0.15) is 21.5 Å². The number of non-ortho nitro benzene ring substituents is 1. The molecule has 0 aromatic heterocycles. The summed E-state index contributed by atoms with van der Waals surface area (Å²) in [5, 5.41) is 26.0. The lowest BCUT2D eigenvalue weighted by atomic mass is 10.2. The van der Waals surface area contributed by atoms with Crippen molar-refractivity contribution in [2.75, 3.05) is 0 Å². The summed E-state index contributed by atoms with van der Waals surface area (Å²) in [6.07, 6.45) is 1.29. The van der Waals surface area contributed by atoms with Crippen molar-refractivity contribution in [2.45, 2.75) is 16.7 Å². The number of amides is 1. The number of benzene rings is 3. The van der Waals surface area contributed by atoms with E-state index >= 15 is 0 Å². The molecule has 10 heteroatoms. The summed E-state index contributed by atoms with van der Waals surface area (Å²) < 4.78 is 0. The van der Waals surface area contributed by atoms with Crippen LogP contribution in [-0.4, -0.2) is 22.0 Å². The van der Waals surface area contributed by atoms with Crippen LogP contribution in [0.3, 0.4) is 0 Å². The first-order valence-electron chi connectivity index (χ1n) is 8.94. The van der Waals surface area contributed by atoms with Gasteiger partial charge in [0.25, 0.3) is 17.3 Å². The highest BCUT2D eigenvalue weighted by molar-refractivity contribution is 7.99. The number of aryl methyl sites for hydroxylation is 1. The highest BCUT2D eigenvalue weighted by Gasteiger charge is 2.15. The maximum atomic E-state index is 12.1. The molecule has 9 nitrogen and oxygen atoms in total. The van der Waals surface area contributed by atoms with Crippen molar-refractivity contribution >= 4 is 35.3 Å². The minimum atomic E-state index is -0.563. The second kappa shape index (κ2) is 9.63. The summed E-state index contributed by atoms with van der Waals surface area (Å²) in [4.78, 5) is 34.6. The Kier molecular flexibility index (Phi) is 6.73. The van der Waals surface area contributed by atoms with Gasteiger partial charge in [-0.1, -0.05) is 35.5 Å². The summed E-state index contributed by atoms with van der Waals surface area (Å²) in [6, 6.07) is 17.4. The number of nitro benzene ring substituents is 2. The summed E-state index contributed by atoms with van der Waals surface area (Å²) in [6.45, 7) is 1.96. The Balaban J connectivity index is 1.70. The van der Waals surface area contributed by atoms with Gasteiger partial charge in [-0.2, -0.15) is 5.10 Å². The van der Waals surface area contributed by atoms with Gasteiger partial charge >= 0.3 is 0 Å². The first-order chi connectivity index (χ1) is 14.8. The van der Waals surface area contributed by atoms with Crippen LogP contribution in [-0.2, 0) is 0 Å². The third kappa shape index (κ3) is 5.73. The van der Waals surface area contributed by atoms with E-state index in [1.807, 2.05) is 31.2 Å². The van der Waals surface area contributed by atoms with Crippen LogP contribution < -0.4 is 5.43 Å². The molecule has 0 aliphatic carbocycles. The summed E-state index contributed by atoms with van der Waals surface area (Å²) in [5.41, 5.74) is 3.81. The van der Waals surface area contributed by atoms with Crippen LogP contribution in [0.2, 0.25) is 0 Å². The fraction of sp³-hybridized carbons (Fsp3) is 0.0476. The van der Waals surface area contributed by atoms with Gasteiger partial charge in [-0.25, -0.2) is 5.43 Å². The number of nitrogens with one attached hydrogen (secondary N) is 1. The highest BCUT2D eigenvalue weighted by atomic mass is 32.2. The molecule has 1 N–H and O–H groups in total. The summed E-state index contributed by atoms with van der Waals surface area (Å²) in [7, 11) is 0. The Labute approximate surface area is 181 Å². The minimum Gasteiger partial charge on any atom is -0.267 e. The predicted octanol–water partition coefficient (Wildman–Crippen LogP) is 4.73. The van der Waals surface area contributed by atoms with Gasteiger partial charge in [0, 0.05) is 34.2 Å². The number of hydrazone groups is 1. The highest BCUT2D eigenvalue weighted by Crippen LogP contribution is 2.35. The SMILES string of the molecule is Cc1ccc(Sc2ccc(C=NNC(=O)c3ccc([N+](=O)[O-])cc3)cc2[N+](=O)[O-])cc1. The number of nitrogens with zero attached hydrogens (tertiary/aromatic N) is 3. The smallest absolute Gasteiger partial charge is 0.267 e. The van der Waals surface area contributed by atoms with Gasteiger partial charge in [0.05, 0.1) is 21.0 Å². The summed E-state index contributed by atoms with van der Waals surface area (Å²) >= 11 is 1.29. The summed E-state index contributed by atoms with van der Waals surface area (Å²) in [5.74, 6) is -0.563. The van der Waals surface area contributed by atoms with Crippen LogP contribution in [0, 0.1) is 27.2 Å². The minimum absolute atomic E-state index is 0.0729. The molecule has 1 amide bonds. The lowest BCUT2D eigenvalue weighted by Gasteiger charge is -2.05. The molecule has 0 atom stereocenters. The van der Waals surface area contributed by atoms with E-state index in [2.05, 4.69) is 10.5 Å². The number of hydrogen-bond acceptors (Lipinski definition) is 7. The van der Waals surface area contributed by atoms with E-state index < -0.39 is 15.8 Å². The van der Waals surface area contributed by atoms with Crippen molar-refractivity contribution < 1.29 is 14.6 Å². The van der Waals surface area contributed by atoms with Gasteiger partial charge in [-0.3, -0.25) is 25.0 Å². The van der Waals surface area contributed by atoms with Gasteiger partial charge < -0.3 is 0 Å². The Morgan fingerprint density at radius 1 is 0.968 bits per heavy atom. The van der Waals surface area contributed by atoms with Crippen LogP contribution >= 0.6 is 11.8 Å². The largest absolute Gasteiger partial charge is 0.283 e. The van der Waals surface area contributed by atoms with Crippen LogP contribution in [0.25, 0.3) is 0 Å². The van der Waals surface area contributed by atoms with Gasteiger partial charge in [0.1, 0.15) is 0 Å². The molecule has 0 aliphatic heterocycles. The standard InChI is InChI=1S/C21H16N4O5S/c1-14-2-9-18(10-3-14)31-20-11-4-15(12-19(20)25(29)30)13-22-23-21(26)16-5-7-17(8-6-16)24(27)28/h2-13H,1H3,(H,23,26). The van der Waals surface area contributed by atoms with Crippen molar-refractivity contribution in [1.29, 1.82) is 0 Å². The maximum absolute atomic E-state index is 12.1. The molecule has 0 radical (unpaired) electrons. The molecule has 0 saturated carbocycles. The Hall–Kier alpha value is -4.05. The monoisotopic (exact) mass is 436 g/mol. The average Bonchev–Trinajstić information content (AvgIpc) is 2.76. The van der Waals surface area contributed by atoms with Gasteiger partial charge in [-0.15, -0.1) is 0 Å². The molecule has 0 bridgehead atoms. The Morgan fingerprint density at radius 2 is 1.65 bits per heavy atom. The molecule has 0 unspecified atom stereocenters. The quantitative estimate of drug-likeness (QED) is 0.324. The fourth-order valence-corrected chi connectivity index (χ4v) is 3.44. The lowest BCUT2D eigenvalue weighted by Crippen LogP contribution is -2.17. The zero-order valence-corrected chi connectivity index (χ0v) is 17.0. The molecule has 156 valence electrons. The third-order valence-electron chi connectivity index (χ3n) is 4.15. The molecule has 3 aromatic rings. The van der Waals surface area contributed by atoms with Gasteiger partial charge in [-0.05, 0) is 37.3 Å². The number of nitro groups is 2. The van der Waals surface area contributed by atoms with E-state index in [-0.39, 0.29) is 16.9 Å². The second-order valence-electron chi connectivity index (χ2n) is 6.40. The van der Waals surface area contributed by atoms with Crippen molar-refractivity contribution in [3.8, 4) is 0 Å². The van der Waals surface area contributed by atoms with E-state index in [9.17, 15) is 25.0 Å². The molecule has 3 aromatic carbocycles. The van der Waals surface area contributed by atoms with E-state index in [4.69, 9.17) is 0 Å². The van der Waals surface area contributed by atoms with Crippen molar-refractivity contribution in [3.05, 3.63) is 104 Å². The maximum Gasteiger partial charge on any atom is 0.283 e. The first kappa shape index (κ1) is 21.7. The van der Waals surface area contributed by atoms with Crippen molar-refractivity contribution in [2.24, 2.45) is 5.10 Å². The van der Waals surface area contributed by atoms with E-state index in [0.29, 0.717) is 10.5 Å². The van der Waals surface area contributed by atoms with E-state index in [0.717, 1.165) is 10.5 Å². The average molecular weight is 436 g/mol. The molecule has 0 spiro atoms. The first-order valence-corrected chi connectivity index (χ1v) is 9.76. The normalized spacial score (nSPS) is 10.7. The van der Waals surface area contributed by atoms with E-state index in [1.165, 1.54) is 48.3 Å². The molecular weight excluding hydrogens is 420 g/mol. The zero-order chi connectivity index (χ0) is 22.4. The van der Waals surface area contributed by atoms with Gasteiger partial charge in [0.2, 0.25) is 0 Å². The lowest BCUT2D eigenvalue weighted by molar-refractivity contribution is -0.387. The van der Waals surface area contributed by atoms with Crippen LogP contribution in [0.15, 0.2) is 81.6 Å². The number of carbonyl (C=O) groups is 1. The molecule has 31 heavy (non-hydrogen) atoms. The van der Waals surface area contributed by atoms with Crippen LogP contribution in [0.5, 0.6) is 0 Å². The fourth-order valence-electron chi connectivity index (χ4n) is 2.54. The predicted molar refractivity (Wildman–Crippen MR) is 117 cm³/mol. The molecule has 3 rings (SSSR count). The molecule has 0 saturated heterocycles. The number of carbonyl (C=O) groups excluding carboxylic acids is 1. The number of hydrogen-bond donors (Lipinski definition) is 1. The van der Waals surface area contributed by atoms with Gasteiger partial charge in [0.15, 0.2) is 0 Å². The van der Waals surface area contributed by atoms with Crippen molar-refractivity contribution in [1.82, 2.24) is 5.43 Å². The van der Waals surface area contributed by atoms with E-state index in [1.54, 1.807) is 12.1 Å². The third-order valence-corrected chi connectivity index (χ3v) is 5.22. The van der Waals surface area contributed by atoms with Crippen molar-refractivity contribution in [3.63, 3.8) is 0 Å². The molecule has 0 fully saturated rings.